The topological polar surface area (TPSA) is 117 Å². The zero-order valence-corrected chi connectivity index (χ0v) is 21.8. The molecule has 1 N–H and O–H groups in total. The van der Waals surface area contributed by atoms with Crippen molar-refractivity contribution in [3.63, 3.8) is 0 Å². The number of nitrogens with one attached hydrogen (secondary N) is 1. The first-order valence-electron chi connectivity index (χ1n) is 12.7. The Morgan fingerprint density at radius 2 is 2.03 bits per heavy atom. The number of carbonyl (C=O) groups excluding carboxylic acids is 1. The Kier molecular flexibility index (Phi) is 8.36. The Morgan fingerprint density at radius 3 is 2.74 bits per heavy atom. The molecule has 2 heterocycles. The second kappa shape index (κ2) is 11.9. The van der Waals surface area contributed by atoms with Gasteiger partial charge in [-0.05, 0) is 25.5 Å². The summed E-state index contributed by atoms with van der Waals surface area (Å²) in [6.45, 7) is 3.79. The zero-order valence-electron chi connectivity index (χ0n) is 21.8. The van der Waals surface area contributed by atoms with Crippen LogP contribution in [0.4, 0.5) is 4.39 Å². The highest BCUT2D eigenvalue weighted by molar-refractivity contribution is 5.85. The lowest BCUT2D eigenvalue weighted by Crippen LogP contribution is -2.36. The molecule has 10 heteroatoms. The van der Waals surface area contributed by atoms with Crippen LogP contribution >= 0.6 is 0 Å². The molecule has 0 saturated heterocycles. The molecule has 0 aliphatic carbocycles. The van der Waals surface area contributed by atoms with E-state index in [1.165, 1.54) is 11.6 Å². The number of fused-ring (bicyclic) bond motifs is 2. The Labute approximate surface area is 219 Å². The molecule has 0 fully saturated rings. The number of aromatic amines is 1. The summed E-state index contributed by atoms with van der Waals surface area (Å²) in [5.74, 6) is 0.645. The van der Waals surface area contributed by atoms with Gasteiger partial charge in [0, 0.05) is 25.0 Å². The second-order valence-electron chi connectivity index (χ2n) is 9.41. The first-order valence-corrected chi connectivity index (χ1v) is 12.7. The molecular weight excluding hydrogens is 487 g/mol. The molecule has 2 aromatic heterocycles. The zero-order chi connectivity index (χ0) is 27.2. The Bertz CT molecular complexity index is 1550. The maximum Gasteiger partial charge on any atom is 0.275 e. The maximum atomic E-state index is 13.3. The molecule has 1 amide bonds. The molecule has 4 aromatic rings. The summed E-state index contributed by atoms with van der Waals surface area (Å²) in [7, 11) is 1.74. The van der Waals surface area contributed by atoms with Crippen LogP contribution < -0.4 is 10.3 Å². The highest BCUT2D eigenvalue weighted by Crippen LogP contribution is 2.26. The third kappa shape index (κ3) is 5.99. The average molecular weight is 519 g/mol. The molecule has 0 saturated carbocycles. The molecule has 0 spiro atoms. The van der Waals surface area contributed by atoms with E-state index in [0.717, 1.165) is 19.3 Å². The summed E-state index contributed by atoms with van der Waals surface area (Å²) in [4.78, 5) is 35.4. The van der Waals surface area contributed by atoms with E-state index in [9.17, 15) is 19.2 Å². The number of aromatic nitrogens is 4. The lowest BCUT2D eigenvalue weighted by atomic mass is 10.1. The van der Waals surface area contributed by atoms with Crippen molar-refractivity contribution in [2.24, 2.45) is 0 Å². The van der Waals surface area contributed by atoms with Gasteiger partial charge in [-0.1, -0.05) is 38.0 Å². The Hall–Kier alpha value is -4.26. The molecule has 4 rings (SSSR count). The van der Waals surface area contributed by atoms with E-state index in [1.807, 2.05) is 12.1 Å². The van der Waals surface area contributed by atoms with Crippen LogP contribution in [0.15, 0.2) is 41.2 Å². The molecule has 1 atom stereocenters. The minimum absolute atomic E-state index is 0.154. The van der Waals surface area contributed by atoms with Gasteiger partial charge in [-0.15, -0.1) is 0 Å². The van der Waals surface area contributed by atoms with Crippen molar-refractivity contribution in [1.82, 2.24) is 24.6 Å². The Balaban J connectivity index is 1.66. The number of unbranched alkanes of at least 4 members (excludes halogenated alkanes) is 2. The number of hydrogen-bond acceptors (Lipinski definition) is 6. The number of alkyl halides is 1. The normalized spacial score (nSPS) is 12.0. The second-order valence-corrected chi connectivity index (χ2v) is 9.41. The number of nitrogens with zero attached hydrogens (tertiary/aromatic N) is 5. The minimum Gasteiger partial charge on any atom is -0.489 e. The van der Waals surface area contributed by atoms with Gasteiger partial charge in [0.2, 0.25) is 5.91 Å². The van der Waals surface area contributed by atoms with Crippen LogP contribution in [0.5, 0.6) is 5.75 Å². The highest BCUT2D eigenvalue weighted by Gasteiger charge is 2.17. The van der Waals surface area contributed by atoms with Crippen molar-refractivity contribution in [2.75, 3.05) is 20.2 Å². The van der Waals surface area contributed by atoms with Crippen molar-refractivity contribution in [3.8, 4) is 11.8 Å². The Morgan fingerprint density at radius 1 is 1.26 bits per heavy atom. The van der Waals surface area contributed by atoms with Gasteiger partial charge in [-0.25, -0.2) is 14.1 Å². The molecule has 9 nitrogen and oxygen atoms in total. The molecule has 0 bridgehead atoms. The number of benzene rings is 2. The monoisotopic (exact) mass is 518 g/mol. The van der Waals surface area contributed by atoms with Gasteiger partial charge >= 0.3 is 0 Å². The summed E-state index contributed by atoms with van der Waals surface area (Å²) in [5, 5.41) is 15.2. The summed E-state index contributed by atoms with van der Waals surface area (Å²) in [6.07, 6.45) is 2.08. The van der Waals surface area contributed by atoms with E-state index in [1.54, 1.807) is 36.2 Å². The number of nitriles is 1. The van der Waals surface area contributed by atoms with Crippen LogP contribution in [0.25, 0.3) is 21.8 Å². The lowest BCUT2D eigenvalue weighted by molar-refractivity contribution is -0.130. The number of hydrogen-bond donors (Lipinski definition) is 1. The van der Waals surface area contributed by atoms with Crippen molar-refractivity contribution >= 4 is 27.7 Å². The van der Waals surface area contributed by atoms with Gasteiger partial charge < -0.3 is 14.6 Å². The number of H-pyrrole nitrogens is 1. The number of amides is 1. The fourth-order valence-electron chi connectivity index (χ4n) is 4.26. The number of halogens is 1. The van der Waals surface area contributed by atoms with E-state index in [-0.39, 0.29) is 42.4 Å². The SMILES string of the molecule is CCCCCN(C)C(=O)Cn1nc(Cc2nc3cc(OCC(C)F)c(C#N)cc3[nH]2)c2ccccc2c1=O. The van der Waals surface area contributed by atoms with Gasteiger partial charge in [0.05, 0.1) is 34.1 Å². The average Bonchev–Trinajstić information content (AvgIpc) is 3.30. The van der Waals surface area contributed by atoms with E-state index < -0.39 is 6.17 Å². The predicted octanol–water partition coefficient (Wildman–Crippen LogP) is 4.12. The number of likely N-dealkylation sites (N-methyl/N-ethyl adjacent to an activating group) is 1. The van der Waals surface area contributed by atoms with E-state index in [2.05, 4.69) is 28.1 Å². The van der Waals surface area contributed by atoms with Crippen molar-refractivity contribution < 1.29 is 13.9 Å². The van der Waals surface area contributed by atoms with Crippen molar-refractivity contribution in [2.45, 2.75) is 52.2 Å². The maximum absolute atomic E-state index is 13.3. The summed E-state index contributed by atoms with van der Waals surface area (Å²) in [5.41, 5.74) is 1.71. The van der Waals surface area contributed by atoms with Crippen molar-refractivity contribution in [1.29, 1.82) is 5.26 Å². The van der Waals surface area contributed by atoms with Crippen molar-refractivity contribution in [3.05, 3.63) is 63.8 Å². The van der Waals surface area contributed by atoms with Gasteiger partial charge in [0.1, 0.15) is 37.0 Å². The standard InChI is InChI=1S/C28H31FN6O3/c1-4-5-8-11-34(3)27(36)16-35-28(37)21-10-7-6-9-20(21)22(33-35)14-26-31-23-12-19(15-30)25(13-24(23)32-26)38-17-18(2)29/h6-7,9-10,12-13,18H,4-5,8,11,14,16-17H2,1-3H3,(H,31,32). The van der Waals surface area contributed by atoms with Gasteiger partial charge in [0.15, 0.2) is 0 Å². The summed E-state index contributed by atoms with van der Waals surface area (Å²) in [6, 6.07) is 12.4. The van der Waals surface area contributed by atoms with Crippen LogP contribution in [0.3, 0.4) is 0 Å². The van der Waals surface area contributed by atoms with E-state index in [4.69, 9.17) is 4.74 Å². The third-order valence-corrected chi connectivity index (χ3v) is 6.31. The number of imidazole rings is 1. The smallest absolute Gasteiger partial charge is 0.275 e. The number of ether oxygens (including phenoxy) is 1. The first-order chi connectivity index (χ1) is 18.3. The van der Waals surface area contributed by atoms with Crippen LogP contribution in [-0.2, 0) is 17.8 Å². The van der Waals surface area contributed by atoms with Crippen LogP contribution in [0, 0.1) is 11.3 Å². The minimum atomic E-state index is -1.18. The fourth-order valence-corrected chi connectivity index (χ4v) is 4.26. The highest BCUT2D eigenvalue weighted by atomic mass is 19.1. The molecule has 0 aliphatic rings. The largest absolute Gasteiger partial charge is 0.489 e. The fraction of sp³-hybridized carbons (Fsp3) is 0.393. The van der Waals surface area contributed by atoms with Gasteiger partial charge in [-0.3, -0.25) is 9.59 Å². The quantitative estimate of drug-likeness (QED) is 0.299. The van der Waals surface area contributed by atoms with Gasteiger partial charge in [-0.2, -0.15) is 10.4 Å². The van der Waals surface area contributed by atoms with Crippen LogP contribution in [0.2, 0.25) is 0 Å². The first kappa shape index (κ1) is 26.8. The lowest BCUT2D eigenvalue weighted by Gasteiger charge is -2.18. The molecule has 198 valence electrons. The third-order valence-electron chi connectivity index (χ3n) is 6.31. The molecule has 0 radical (unpaired) electrons. The molecular formula is C28H31FN6O3. The van der Waals surface area contributed by atoms with Crippen LogP contribution in [-0.4, -0.2) is 56.9 Å². The van der Waals surface area contributed by atoms with E-state index >= 15 is 0 Å². The summed E-state index contributed by atoms with van der Waals surface area (Å²) >= 11 is 0. The van der Waals surface area contributed by atoms with E-state index in [0.29, 0.717) is 39.9 Å². The molecule has 0 aliphatic heterocycles. The van der Waals surface area contributed by atoms with Gasteiger partial charge in [0.25, 0.3) is 5.56 Å². The number of carbonyl (C=O) groups is 1. The predicted molar refractivity (Wildman–Crippen MR) is 143 cm³/mol. The molecule has 2 aromatic carbocycles. The van der Waals surface area contributed by atoms with Crippen LogP contribution in [0.1, 0.15) is 50.2 Å². The number of rotatable bonds is 11. The molecule has 1 unspecified atom stereocenters. The molecule has 38 heavy (non-hydrogen) atoms. The summed E-state index contributed by atoms with van der Waals surface area (Å²) < 4.78 is 20.0.